The predicted molar refractivity (Wildman–Crippen MR) is 63.4 cm³/mol. The first-order valence-corrected chi connectivity index (χ1v) is 6.15. The second kappa shape index (κ2) is 5.32. The average molecular weight is 259 g/mol. The SMILES string of the molecule is CC1(C)CC(NCc2nccn2C(F)F)CCO1. The Labute approximate surface area is 105 Å². The highest BCUT2D eigenvalue weighted by molar-refractivity contribution is 4.93. The number of nitrogens with zero attached hydrogens (tertiary/aromatic N) is 2. The van der Waals surface area contributed by atoms with Crippen molar-refractivity contribution in [1.29, 1.82) is 0 Å². The fourth-order valence-electron chi connectivity index (χ4n) is 2.30. The summed E-state index contributed by atoms with van der Waals surface area (Å²) in [4.78, 5) is 3.95. The van der Waals surface area contributed by atoms with Crippen LogP contribution in [-0.4, -0.2) is 27.8 Å². The number of halogens is 2. The molecule has 1 aromatic rings. The zero-order valence-electron chi connectivity index (χ0n) is 10.7. The monoisotopic (exact) mass is 259 g/mol. The molecule has 2 rings (SSSR count). The topological polar surface area (TPSA) is 39.1 Å². The standard InChI is InChI=1S/C12H19F2N3O/c1-12(2)7-9(3-6-18-12)16-8-10-15-4-5-17(10)11(13)14/h4-5,9,11,16H,3,6-8H2,1-2H3. The van der Waals surface area contributed by atoms with Crippen LogP contribution in [0.15, 0.2) is 12.4 Å². The number of ether oxygens (including phenoxy) is 1. The Morgan fingerprint density at radius 3 is 3.06 bits per heavy atom. The molecular formula is C12H19F2N3O. The second-order valence-corrected chi connectivity index (χ2v) is 5.21. The Morgan fingerprint density at radius 1 is 1.61 bits per heavy atom. The maximum Gasteiger partial charge on any atom is 0.319 e. The van der Waals surface area contributed by atoms with Crippen LogP contribution >= 0.6 is 0 Å². The molecule has 1 N–H and O–H groups in total. The molecule has 0 aliphatic carbocycles. The Morgan fingerprint density at radius 2 is 2.39 bits per heavy atom. The molecule has 1 unspecified atom stereocenters. The van der Waals surface area contributed by atoms with Gasteiger partial charge in [0.25, 0.3) is 0 Å². The van der Waals surface area contributed by atoms with E-state index in [-0.39, 0.29) is 11.6 Å². The molecule has 0 spiro atoms. The van der Waals surface area contributed by atoms with Crippen LogP contribution in [0.25, 0.3) is 0 Å². The summed E-state index contributed by atoms with van der Waals surface area (Å²) in [6.07, 6.45) is 4.48. The Hall–Kier alpha value is -1.01. The summed E-state index contributed by atoms with van der Waals surface area (Å²) in [5.41, 5.74) is -0.145. The molecule has 0 aromatic carbocycles. The maximum absolute atomic E-state index is 12.6. The third kappa shape index (κ3) is 3.26. The summed E-state index contributed by atoms with van der Waals surface area (Å²) >= 11 is 0. The van der Waals surface area contributed by atoms with E-state index < -0.39 is 6.55 Å². The van der Waals surface area contributed by atoms with E-state index in [9.17, 15) is 8.78 Å². The van der Waals surface area contributed by atoms with Crippen LogP contribution in [0, 0.1) is 0 Å². The largest absolute Gasteiger partial charge is 0.375 e. The normalized spacial score (nSPS) is 23.5. The van der Waals surface area contributed by atoms with Crippen LogP contribution in [0.1, 0.15) is 39.1 Å². The molecule has 1 saturated heterocycles. The number of hydrogen-bond donors (Lipinski definition) is 1. The van der Waals surface area contributed by atoms with E-state index in [1.807, 2.05) is 13.8 Å². The van der Waals surface area contributed by atoms with E-state index in [1.54, 1.807) is 0 Å². The molecule has 0 radical (unpaired) electrons. The van der Waals surface area contributed by atoms with Crippen molar-refractivity contribution < 1.29 is 13.5 Å². The van der Waals surface area contributed by atoms with Crippen molar-refractivity contribution in [2.24, 2.45) is 0 Å². The third-order valence-corrected chi connectivity index (χ3v) is 3.21. The van der Waals surface area contributed by atoms with Crippen LogP contribution in [0.3, 0.4) is 0 Å². The first kappa shape index (κ1) is 13.4. The minimum Gasteiger partial charge on any atom is -0.375 e. The van der Waals surface area contributed by atoms with Gasteiger partial charge in [0.1, 0.15) is 5.82 Å². The van der Waals surface area contributed by atoms with E-state index in [1.165, 1.54) is 12.4 Å². The van der Waals surface area contributed by atoms with Crippen molar-refractivity contribution in [3.05, 3.63) is 18.2 Å². The van der Waals surface area contributed by atoms with Gasteiger partial charge in [-0.15, -0.1) is 0 Å². The molecule has 4 nitrogen and oxygen atoms in total. The zero-order valence-corrected chi connectivity index (χ0v) is 10.7. The van der Waals surface area contributed by atoms with Gasteiger partial charge < -0.3 is 10.1 Å². The quantitative estimate of drug-likeness (QED) is 0.902. The van der Waals surface area contributed by atoms with Crippen molar-refractivity contribution in [3.63, 3.8) is 0 Å². The van der Waals surface area contributed by atoms with Crippen molar-refractivity contribution in [2.45, 2.75) is 51.4 Å². The molecule has 102 valence electrons. The number of imidazole rings is 1. The fraction of sp³-hybridized carbons (Fsp3) is 0.750. The molecule has 0 saturated carbocycles. The smallest absolute Gasteiger partial charge is 0.319 e. The van der Waals surface area contributed by atoms with Gasteiger partial charge >= 0.3 is 6.55 Å². The van der Waals surface area contributed by atoms with Crippen molar-refractivity contribution in [1.82, 2.24) is 14.9 Å². The molecule has 0 amide bonds. The number of hydrogen-bond acceptors (Lipinski definition) is 3. The highest BCUT2D eigenvalue weighted by atomic mass is 19.3. The predicted octanol–water partition coefficient (Wildman–Crippen LogP) is 2.33. The molecule has 18 heavy (non-hydrogen) atoms. The van der Waals surface area contributed by atoms with Gasteiger partial charge in [0.2, 0.25) is 0 Å². The van der Waals surface area contributed by atoms with Gasteiger partial charge in [-0.05, 0) is 26.7 Å². The average Bonchev–Trinajstić information content (AvgIpc) is 2.73. The minimum absolute atomic E-state index is 0.145. The first-order valence-electron chi connectivity index (χ1n) is 6.15. The Bertz CT molecular complexity index is 392. The third-order valence-electron chi connectivity index (χ3n) is 3.21. The molecule has 1 aromatic heterocycles. The summed E-state index contributed by atoms with van der Waals surface area (Å²) in [6.45, 7) is 2.61. The van der Waals surface area contributed by atoms with Gasteiger partial charge in [0, 0.05) is 25.0 Å². The first-order chi connectivity index (χ1) is 8.48. The molecular weight excluding hydrogens is 240 g/mol. The van der Waals surface area contributed by atoms with Gasteiger partial charge in [-0.3, -0.25) is 4.57 Å². The van der Waals surface area contributed by atoms with E-state index in [0.29, 0.717) is 19.0 Å². The summed E-state index contributed by atoms with van der Waals surface area (Å²) in [7, 11) is 0. The van der Waals surface area contributed by atoms with Gasteiger partial charge in [-0.25, -0.2) is 4.98 Å². The molecule has 6 heteroatoms. The van der Waals surface area contributed by atoms with Crippen molar-refractivity contribution in [2.75, 3.05) is 6.61 Å². The van der Waals surface area contributed by atoms with Gasteiger partial charge in [0.15, 0.2) is 0 Å². The molecule has 1 fully saturated rings. The van der Waals surface area contributed by atoms with E-state index in [2.05, 4.69) is 10.3 Å². The van der Waals surface area contributed by atoms with Crippen LogP contribution < -0.4 is 5.32 Å². The van der Waals surface area contributed by atoms with Gasteiger partial charge in [0.05, 0.1) is 12.1 Å². The molecule has 2 heterocycles. The highest BCUT2D eigenvalue weighted by Gasteiger charge is 2.28. The molecule has 1 atom stereocenters. The van der Waals surface area contributed by atoms with E-state index >= 15 is 0 Å². The summed E-state index contributed by atoms with van der Waals surface area (Å²) in [5, 5.41) is 3.28. The van der Waals surface area contributed by atoms with Crippen molar-refractivity contribution >= 4 is 0 Å². The second-order valence-electron chi connectivity index (χ2n) is 5.21. The summed E-state index contributed by atoms with van der Waals surface area (Å²) in [6, 6.07) is 0.288. The Balaban J connectivity index is 1.89. The molecule has 1 aliphatic rings. The minimum atomic E-state index is -2.53. The number of aromatic nitrogens is 2. The van der Waals surface area contributed by atoms with Crippen LogP contribution in [0.5, 0.6) is 0 Å². The number of nitrogens with one attached hydrogen (secondary N) is 1. The Kier molecular flexibility index (Phi) is 3.97. The zero-order chi connectivity index (χ0) is 13.2. The van der Waals surface area contributed by atoms with Gasteiger partial charge in [-0.2, -0.15) is 8.78 Å². The molecule has 1 aliphatic heterocycles. The summed E-state index contributed by atoms with van der Waals surface area (Å²) < 4.78 is 31.7. The van der Waals surface area contributed by atoms with E-state index in [4.69, 9.17) is 4.74 Å². The lowest BCUT2D eigenvalue weighted by atomic mass is 9.94. The lowest BCUT2D eigenvalue weighted by molar-refractivity contribution is -0.0632. The van der Waals surface area contributed by atoms with Crippen LogP contribution in [0.4, 0.5) is 8.78 Å². The lowest BCUT2D eigenvalue weighted by Crippen LogP contribution is -2.43. The number of rotatable bonds is 4. The van der Waals surface area contributed by atoms with Crippen molar-refractivity contribution in [3.8, 4) is 0 Å². The van der Waals surface area contributed by atoms with Crippen LogP contribution in [-0.2, 0) is 11.3 Å². The maximum atomic E-state index is 12.6. The molecule has 0 bridgehead atoms. The fourth-order valence-corrected chi connectivity index (χ4v) is 2.30. The number of alkyl halides is 2. The highest BCUT2D eigenvalue weighted by Crippen LogP contribution is 2.24. The summed E-state index contributed by atoms with van der Waals surface area (Å²) in [5.74, 6) is 0.370. The van der Waals surface area contributed by atoms with Gasteiger partial charge in [-0.1, -0.05) is 0 Å². The van der Waals surface area contributed by atoms with Crippen LogP contribution in [0.2, 0.25) is 0 Å². The van der Waals surface area contributed by atoms with E-state index in [0.717, 1.165) is 17.4 Å². The lowest BCUT2D eigenvalue weighted by Gasteiger charge is -2.35.